The molecule has 82 valence electrons. The summed E-state index contributed by atoms with van der Waals surface area (Å²) in [6.07, 6.45) is 2.49. The van der Waals surface area contributed by atoms with E-state index in [9.17, 15) is 9.90 Å². The largest absolute Gasteiger partial charge is 0.389 e. The lowest BCUT2D eigenvalue weighted by molar-refractivity contribution is -0.118. The molecule has 0 aromatic heterocycles. The average molecular weight is 199 g/mol. The summed E-state index contributed by atoms with van der Waals surface area (Å²) in [5.74, 6) is 0.225. The van der Waals surface area contributed by atoms with Crippen LogP contribution in [0.15, 0.2) is 0 Å². The van der Waals surface area contributed by atoms with Crippen LogP contribution in [0.1, 0.15) is 40.0 Å². The molecule has 14 heavy (non-hydrogen) atoms. The van der Waals surface area contributed by atoms with Crippen LogP contribution in [0.4, 0.5) is 0 Å². The van der Waals surface area contributed by atoms with Gasteiger partial charge in [-0.15, -0.1) is 0 Å². The molecule has 2 atom stereocenters. The second-order valence-electron chi connectivity index (χ2n) is 4.83. The van der Waals surface area contributed by atoms with E-state index in [1.165, 1.54) is 0 Å². The highest BCUT2D eigenvalue weighted by molar-refractivity contribution is 5.76. The average Bonchev–Trinajstić information content (AvgIpc) is 2.01. The van der Waals surface area contributed by atoms with Gasteiger partial charge >= 0.3 is 0 Å². The zero-order valence-electron chi connectivity index (χ0n) is 9.42. The van der Waals surface area contributed by atoms with Gasteiger partial charge in [0.05, 0.1) is 5.60 Å². The number of β-amino-alcohol motifs (C(OH)–C–C–N with tert-alkyl or cyclic N) is 1. The third-order valence-corrected chi connectivity index (χ3v) is 2.91. The van der Waals surface area contributed by atoms with E-state index in [1.807, 2.05) is 6.92 Å². The van der Waals surface area contributed by atoms with E-state index in [-0.39, 0.29) is 11.8 Å². The molecule has 1 saturated heterocycles. The second-order valence-corrected chi connectivity index (χ2v) is 4.83. The van der Waals surface area contributed by atoms with Gasteiger partial charge in [-0.1, -0.05) is 0 Å². The Labute approximate surface area is 86.1 Å². The Morgan fingerprint density at radius 1 is 1.64 bits per heavy atom. The maximum atomic E-state index is 11.0. The molecule has 0 aromatic carbocycles. The lowest BCUT2D eigenvalue weighted by Crippen LogP contribution is -2.49. The molecule has 0 aromatic rings. The van der Waals surface area contributed by atoms with E-state index in [0.717, 1.165) is 19.4 Å². The fourth-order valence-corrected chi connectivity index (χ4v) is 2.18. The predicted molar refractivity (Wildman–Crippen MR) is 56.2 cm³/mol. The second kappa shape index (κ2) is 4.41. The molecule has 1 rings (SSSR count). The van der Waals surface area contributed by atoms with Crippen LogP contribution in [0.3, 0.4) is 0 Å². The van der Waals surface area contributed by atoms with Crippen LogP contribution < -0.4 is 0 Å². The smallest absolute Gasteiger partial charge is 0.131 e. The van der Waals surface area contributed by atoms with Gasteiger partial charge in [-0.05, 0) is 40.2 Å². The molecular weight excluding hydrogens is 178 g/mol. The number of carbonyl (C=O) groups excluding carboxylic acids is 1. The van der Waals surface area contributed by atoms with Gasteiger partial charge in [0.1, 0.15) is 5.78 Å². The van der Waals surface area contributed by atoms with E-state index < -0.39 is 5.60 Å². The van der Waals surface area contributed by atoms with Crippen molar-refractivity contribution in [3.05, 3.63) is 0 Å². The highest BCUT2D eigenvalue weighted by Gasteiger charge is 2.30. The number of piperidine rings is 1. The van der Waals surface area contributed by atoms with Gasteiger partial charge in [-0.25, -0.2) is 0 Å². The van der Waals surface area contributed by atoms with E-state index in [0.29, 0.717) is 13.0 Å². The van der Waals surface area contributed by atoms with Crippen molar-refractivity contribution in [1.29, 1.82) is 0 Å². The van der Waals surface area contributed by atoms with E-state index in [4.69, 9.17) is 0 Å². The van der Waals surface area contributed by atoms with Crippen LogP contribution in [0.25, 0.3) is 0 Å². The third kappa shape index (κ3) is 3.39. The number of rotatable bonds is 3. The van der Waals surface area contributed by atoms with Gasteiger partial charge in [0.25, 0.3) is 0 Å². The Hall–Kier alpha value is -0.410. The zero-order valence-corrected chi connectivity index (χ0v) is 9.42. The summed E-state index contributed by atoms with van der Waals surface area (Å²) in [6, 6.07) is 0.263. The molecule has 0 radical (unpaired) electrons. The molecule has 3 heteroatoms. The molecular formula is C11H21NO2. The quantitative estimate of drug-likeness (QED) is 0.742. The van der Waals surface area contributed by atoms with Crippen LogP contribution in [-0.4, -0.2) is 40.5 Å². The highest BCUT2D eigenvalue weighted by atomic mass is 16.3. The number of carbonyl (C=O) groups is 1. The Balaban J connectivity index is 2.47. The Morgan fingerprint density at radius 3 is 2.79 bits per heavy atom. The van der Waals surface area contributed by atoms with Crippen LogP contribution in [-0.2, 0) is 4.79 Å². The SMILES string of the molecule is CC(=O)CC(C)N1CCCC(C)(O)C1. The predicted octanol–water partition coefficient (Wildman–Crippen LogP) is 1.20. The molecule has 1 fully saturated rings. The van der Waals surface area contributed by atoms with Gasteiger partial charge < -0.3 is 5.11 Å². The molecule has 1 heterocycles. The van der Waals surface area contributed by atoms with Crippen LogP contribution in [0.2, 0.25) is 0 Å². The molecule has 1 aliphatic heterocycles. The number of likely N-dealkylation sites (tertiary alicyclic amines) is 1. The molecule has 0 spiro atoms. The number of aliphatic hydroxyl groups is 1. The van der Waals surface area contributed by atoms with Crippen molar-refractivity contribution in [2.45, 2.75) is 51.7 Å². The first-order chi connectivity index (χ1) is 6.41. The minimum atomic E-state index is -0.566. The number of hydrogen-bond donors (Lipinski definition) is 1. The summed E-state index contributed by atoms with van der Waals surface area (Å²) >= 11 is 0. The highest BCUT2D eigenvalue weighted by Crippen LogP contribution is 2.22. The molecule has 1 N–H and O–H groups in total. The standard InChI is InChI=1S/C11H21NO2/c1-9(7-10(2)13)12-6-4-5-11(3,14)8-12/h9,14H,4-8H2,1-3H3. The maximum Gasteiger partial charge on any atom is 0.131 e. The first-order valence-corrected chi connectivity index (χ1v) is 5.36. The van der Waals surface area contributed by atoms with Crippen molar-refractivity contribution in [2.24, 2.45) is 0 Å². The summed E-state index contributed by atoms with van der Waals surface area (Å²) in [5.41, 5.74) is -0.566. The van der Waals surface area contributed by atoms with Crippen molar-refractivity contribution < 1.29 is 9.90 Å². The molecule has 3 nitrogen and oxygen atoms in total. The van der Waals surface area contributed by atoms with Crippen molar-refractivity contribution in [3.8, 4) is 0 Å². The van der Waals surface area contributed by atoms with Crippen molar-refractivity contribution >= 4 is 5.78 Å². The summed E-state index contributed by atoms with van der Waals surface area (Å²) < 4.78 is 0. The molecule has 0 aliphatic carbocycles. The monoisotopic (exact) mass is 199 g/mol. The number of nitrogens with zero attached hydrogens (tertiary/aromatic N) is 1. The van der Waals surface area contributed by atoms with Gasteiger partial charge in [0, 0.05) is 19.0 Å². The lowest BCUT2D eigenvalue weighted by atomic mass is 9.93. The zero-order chi connectivity index (χ0) is 10.8. The fourth-order valence-electron chi connectivity index (χ4n) is 2.18. The third-order valence-electron chi connectivity index (χ3n) is 2.91. The first-order valence-electron chi connectivity index (χ1n) is 5.36. The Kier molecular flexibility index (Phi) is 3.67. The topological polar surface area (TPSA) is 40.5 Å². The molecule has 0 amide bonds. The van der Waals surface area contributed by atoms with Gasteiger partial charge in [-0.3, -0.25) is 9.69 Å². The normalized spacial score (nSPS) is 31.4. The van der Waals surface area contributed by atoms with Crippen LogP contribution in [0.5, 0.6) is 0 Å². The fraction of sp³-hybridized carbons (Fsp3) is 0.909. The Morgan fingerprint density at radius 2 is 2.29 bits per heavy atom. The van der Waals surface area contributed by atoms with E-state index >= 15 is 0 Å². The number of Topliss-reactive ketones (excluding diaryl/α,β-unsaturated/α-hetero) is 1. The molecule has 2 unspecified atom stereocenters. The number of hydrogen-bond acceptors (Lipinski definition) is 3. The van der Waals surface area contributed by atoms with E-state index in [1.54, 1.807) is 6.92 Å². The summed E-state index contributed by atoms with van der Waals surface area (Å²) in [5, 5.41) is 9.90. The lowest BCUT2D eigenvalue weighted by Gasteiger charge is -2.40. The molecule has 0 saturated carbocycles. The summed E-state index contributed by atoms with van der Waals surface area (Å²) in [6.45, 7) is 7.26. The van der Waals surface area contributed by atoms with Crippen molar-refractivity contribution in [1.82, 2.24) is 4.90 Å². The van der Waals surface area contributed by atoms with Crippen LogP contribution >= 0.6 is 0 Å². The summed E-state index contributed by atoms with van der Waals surface area (Å²) in [7, 11) is 0. The van der Waals surface area contributed by atoms with Gasteiger partial charge in [0.15, 0.2) is 0 Å². The van der Waals surface area contributed by atoms with E-state index in [2.05, 4.69) is 11.8 Å². The molecule has 0 bridgehead atoms. The van der Waals surface area contributed by atoms with Crippen molar-refractivity contribution in [2.75, 3.05) is 13.1 Å². The Bertz CT molecular complexity index is 213. The summed E-state index contributed by atoms with van der Waals surface area (Å²) in [4.78, 5) is 13.2. The van der Waals surface area contributed by atoms with Crippen LogP contribution in [0, 0.1) is 0 Å². The first kappa shape index (κ1) is 11.7. The van der Waals surface area contributed by atoms with Crippen molar-refractivity contribution in [3.63, 3.8) is 0 Å². The number of ketones is 1. The minimum absolute atomic E-state index is 0.225. The minimum Gasteiger partial charge on any atom is -0.389 e. The molecule has 1 aliphatic rings. The van der Waals surface area contributed by atoms with Gasteiger partial charge in [-0.2, -0.15) is 0 Å². The maximum absolute atomic E-state index is 11.0. The van der Waals surface area contributed by atoms with Gasteiger partial charge in [0.2, 0.25) is 0 Å².